The van der Waals surface area contributed by atoms with Crippen molar-refractivity contribution in [1.82, 2.24) is 9.80 Å². The molecule has 0 atom stereocenters. The van der Waals surface area contributed by atoms with Crippen molar-refractivity contribution >= 4 is 12.2 Å². The average Bonchev–Trinajstić information content (AvgIpc) is 2.69. The van der Waals surface area contributed by atoms with Crippen molar-refractivity contribution in [3.8, 4) is 0 Å². The van der Waals surface area contributed by atoms with E-state index in [2.05, 4.69) is 0 Å². The van der Waals surface area contributed by atoms with Crippen LogP contribution in [0, 0.1) is 5.92 Å². The van der Waals surface area contributed by atoms with Crippen LogP contribution in [-0.2, 0) is 20.8 Å². The molecule has 1 aromatic rings. The highest BCUT2D eigenvalue weighted by Crippen LogP contribution is 2.21. The van der Waals surface area contributed by atoms with Crippen molar-refractivity contribution in [2.45, 2.75) is 45.8 Å². The predicted octanol–water partition coefficient (Wildman–Crippen LogP) is 3.92. The highest BCUT2D eigenvalue weighted by Gasteiger charge is 2.28. The first-order chi connectivity index (χ1) is 13.8. The van der Waals surface area contributed by atoms with Gasteiger partial charge in [-0.05, 0) is 45.1 Å². The minimum atomic E-state index is -0.533. The zero-order valence-electron chi connectivity index (χ0n) is 18.1. The highest BCUT2D eigenvalue weighted by molar-refractivity contribution is 5.68. The van der Waals surface area contributed by atoms with Gasteiger partial charge >= 0.3 is 12.2 Å². The minimum Gasteiger partial charge on any atom is -0.445 e. The fourth-order valence-corrected chi connectivity index (χ4v) is 3.21. The second-order valence-corrected chi connectivity index (χ2v) is 8.39. The van der Waals surface area contributed by atoms with Crippen LogP contribution in [0.2, 0.25) is 0 Å². The molecule has 2 amide bonds. The monoisotopic (exact) mass is 406 g/mol. The average molecular weight is 407 g/mol. The van der Waals surface area contributed by atoms with Gasteiger partial charge in [-0.1, -0.05) is 30.3 Å². The summed E-state index contributed by atoms with van der Waals surface area (Å²) in [5, 5.41) is 0. The molecule has 7 heteroatoms. The molecule has 0 aliphatic carbocycles. The zero-order valence-corrected chi connectivity index (χ0v) is 18.1. The van der Waals surface area contributed by atoms with Gasteiger partial charge in [-0.2, -0.15) is 0 Å². The van der Waals surface area contributed by atoms with Gasteiger partial charge in [0.15, 0.2) is 0 Å². The molecule has 7 nitrogen and oxygen atoms in total. The van der Waals surface area contributed by atoms with E-state index < -0.39 is 5.60 Å². The van der Waals surface area contributed by atoms with E-state index in [1.165, 1.54) is 0 Å². The van der Waals surface area contributed by atoms with Crippen LogP contribution in [0.5, 0.6) is 0 Å². The molecule has 29 heavy (non-hydrogen) atoms. The molecule has 1 saturated heterocycles. The molecular formula is C22H34N2O5. The van der Waals surface area contributed by atoms with Crippen molar-refractivity contribution in [2.75, 3.05) is 39.9 Å². The van der Waals surface area contributed by atoms with Crippen LogP contribution >= 0.6 is 0 Å². The number of methoxy groups -OCH3 is 1. The number of nitrogens with zero attached hydrogens (tertiary/aromatic N) is 2. The molecule has 0 bridgehead atoms. The molecular weight excluding hydrogens is 372 g/mol. The molecule has 0 radical (unpaired) electrons. The molecule has 0 aromatic heterocycles. The number of carbonyl (C=O) groups is 2. The maximum atomic E-state index is 12.5. The standard InChI is InChI=1S/C22H34N2O5/c1-22(2,3)29-21(26)24(14-15-27-4)16-18-10-12-23(13-11-18)20(25)28-17-19-8-6-5-7-9-19/h5-9,18H,10-17H2,1-4H3. The molecule has 1 aromatic carbocycles. The van der Waals surface area contributed by atoms with Crippen LogP contribution < -0.4 is 0 Å². The predicted molar refractivity (Wildman–Crippen MR) is 111 cm³/mol. The van der Waals surface area contributed by atoms with Crippen LogP contribution in [0.4, 0.5) is 9.59 Å². The Morgan fingerprint density at radius 2 is 1.79 bits per heavy atom. The topological polar surface area (TPSA) is 68.3 Å². The van der Waals surface area contributed by atoms with Gasteiger partial charge in [-0.25, -0.2) is 9.59 Å². The molecule has 0 spiro atoms. The Morgan fingerprint density at radius 1 is 1.14 bits per heavy atom. The van der Waals surface area contributed by atoms with E-state index in [0.717, 1.165) is 18.4 Å². The van der Waals surface area contributed by atoms with Gasteiger partial charge in [-0.15, -0.1) is 0 Å². The molecule has 1 heterocycles. The molecule has 1 aliphatic heterocycles. The van der Waals surface area contributed by atoms with Gasteiger partial charge < -0.3 is 24.0 Å². The molecule has 162 valence electrons. The molecule has 1 aliphatic rings. The highest BCUT2D eigenvalue weighted by atomic mass is 16.6. The third-order valence-corrected chi connectivity index (χ3v) is 4.77. The first kappa shape index (κ1) is 23.0. The Bertz CT molecular complexity index is 636. The normalized spacial score (nSPS) is 15.1. The van der Waals surface area contributed by atoms with Crippen LogP contribution in [0.25, 0.3) is 0 Å². The maximum Gasteiger partial charge on any atom is 0.410 e. The zero-order chi connectivity index (χ0) is 21.3. The van der Waals surface area contributed by atoms with Crippen molar-refractivity contribution in [1.29, 1.82) is 0 Å². The number of carbonyl (C=O) groups excluding carboxylic acids is 2. The van der Waals surface area contributed by atoms with Gasteiger partial charge in [0.2, 0.25) is 0 Å². The lowest BCUT2D eigenvalue weighted by atomic mass is 9.96. The maximum absolute atomic E-state index is 12.5. The molecule has 2 rings (SSSR count). The number of piperidine rings is 1. The van der Waals surface area contributed by atoms with E-state index in [1.807, 2.05) is 51.1 Å². The lowest BCUT2D eigenvalue weighted by molar-refractivity contribution is 0.0137. The van der Waals surface area contributed by atoms with E-state index in [4.69, 9.17) is 14.2 Å². The molecule has 0 saturated carbocycles. The van der Waals surface area contributed by atoms with E-state index in [0.29, 0.717) is 38.7 Å². The summed E-state index contributed by atoms with van der Waals surface area (Å²) in [6, 6.07) is 9.65. The molecule has 0 N–H and O–H groups in total. The lowest BCUT2D eigenvalue weighted by Gasteiger charge is -2.35. The largest absolute Gasteiger partial charge is 0.445 e. The van der Waals surface area contributed by atoms with Crippen molar-refractivity contribution in [2.24, 2.45) is 5.92 Å². The van der Waals surface area contributed by atoms with Gasteiger partial charge in [-0.3, -0.25) is 0 Å². The Kier molecular flexibility index (Phi) is 8.76. The summed E-state index contributed by atoms with van der Waals surface area (Å²) in [5.74, 6) is 0.317. The summed E-state index contributed by atoms with van der Waals surface area (Å²) in [7, 11) is 1.62. The van der Waals surface area contributed by atoms with Crippen molar-refractivity contribution in [3.05, 3.63) is 35.9 Å². The Hall–Kier alpha value is -2.28. The third-order valence-electron chi connectivity index (χ3n) is 4.77. The smallest absolute Gasteiger partial charge is 0.410 e. The van der Waals surface area contributed by atoms with Crippen molar-refractivity contribution < 1.29 is 23.8 Å². The van der Waals surface area contributed by atoms with Gasteiger partial charge in [0.25, 0.3) is 0 Å². The third kappa shape index (κ3) is 8.31. The second-order valence-electron chi connectivity index (χ2n) is 8.39. The quantitative estimate of drug-likeness (QED) is 0.687. The summed E-state index contributed by atoms with van der Waals surface area (Å²) in [5.41, 5.74) is 0.441. The van der Waals surface area contributed by atoms with Gasteiger partial charge in [0, 0.05) is 33.3 Å². The van der Waals surface area contributed by atoms with Crippen molar-refractivity contribution in [3.63, 3.8) is 0 Å². The number of ether oxygens (including phenoxy) is 3. The van der Waals surface area contributed by atoms with E-state index >= 15 is 0 Å². The summed E-state index contributed by atoms with van der Waals surface area (Å²) >= 11 is 0. The summed E-state index contributed by atoms with van der Waals surface area (Å²) < 4.78 is 16.1. The fourth-order valence-electron chi connectivity index (χ4n) is 3.21. The van der Waals surface area contributed by atoms with Crippen LogP contribution in [-0.4, -0.2) is 67.5 Å². The first-order valence-corrected chi connectivity index (χ1v) is 10.2. The van der Waals surface area contributed by atoms with E-state index in [9.17, 15) is 9.59 Å². The van der Waals surface area contributed by atoms with Crippen LogP contribution in [0.1, 0.15) is 39.2 Å². The van der Waals surface area contributed by atoms with Crippen LogP contribution in [0.15, 0.2) is 30.3 Å². The number of benzene rings is 1. The Balaban J connectivity index is 1.79. The molecule has 0 unspecified atom stereocenters. The van der Waals surface area contributed by atoms with E-state index in [-0.39, 0.29) is 18.8 Å². The minimum absolute atomic E-state index is 0.281. The SMILES string of the molecule is COCCN(CC1CCN(C(=O)OCc2ccccc2)CC1)C(=O)OC(C)(C)C. The van der Waals surface area contributed by atoms with Gasteiger partial charge in [0.1, 0.15) is 12.2 Å². The second kappa shape index (κ2) is 11.0. The number of hydrogen-bond acceptors (Lipinski definition) is 5. The number of hydrogen-bond donors (Lipinski definition) is 0. The fraction of sp³-hybridized carbons (Fsp3) is 0.636. The number of amides is 2. The van der Waals surface area contributed by atoms with Crippen LogP contribution in [0.3, 0.4) is 0 Å². The summed E-state index contributed by atoms with van der Waals surface area (Å²) in [4.78, 5) is 28.3. The first-order valence-electron chi connectivity index (χ1n) is 10.2. The molecule has 1 fully saturated rings. The lowest BCUT2D eigenvalue weighted by Crippen LogP contribution is -2.45. The Morgan fingerprint density at radius 3 is 2.38 bits per heavy atom. The van der Waals surface area contributed by atoms with E-state index in [1.54, 1.807) is 16.9 Å². The van der Waals surface area contributed by atoms with Gasteiger partial charge in [0.05, 0.1) is 6.61 Å². The Labute approximate surface area is 173 Å². The summed E-state index contributed by atoms with van der Waals surface area (Å²) in [6.07, 6.45) is 1.05. The number of rotatable bonds is 7. The number of likely N-dealkylation sites (tertiary alicyclic amines) is 1. The summed E-state index contributed by atoms with van der Waals surface area (Å²) in [6.45, 7) is 8.68.